The monoisotopic (exact) mass is 358 g/mol. The lowest BCUT2D eigenvalue weighted by Crippen LogP contribution is -2.43. The molecule has 1 aliphatic heterocycles. The number of urea groups is 1. The Morgan fingerprint density at radius 3 is 2.81 bits per heavy atom. The maximum absolute atomic E-state index is 12.0. The minimum absolute atomic E-state index is 0.232. The van der Waals surface area contributed by atoms with Crippen molar-refractivity contribution in [2.75, 3.05) is 13.1 Å². The lowest BCUT2D eigenvalue weighted by Gasteiger charge is -2.15. The second kappa shape index (κ2) is 6.90. The number of rotatable bonds is 6. The molecule has 2 aromatic rings. The van der Waals surface area contributed by atoms with Crippen molar-refractivity contribution in [3.05, 3.63) is 30.3 Å². The molecule has 0 aromatic carbocycles. The first-order valence-electron chi connectivity index (χ1n) is 8.01. The van der Waals surface area contributed by atoms with Gasteiger partial charge < -0.3 is 15.2 Å². The molecule has 2 aromatic heterocycles. The van der Waals surface area contributed by atoms with Crippen LogP contribution in [0.25, 0.3) is 11.5 Å². The number of nitrogens with zero attached hydrogens (tertiary/aromatic N) is 4. The molecule has 0 spiro atoms. The summed E-state index contributed by atoms with van der Waals surface area (Å²) >= 11 is 0. The van der Waals surface area contributed by atoms with Crippen molar-refractivity contribution in [2.45, 2.75) is 25.8 Å². The van der Waals surface area contributed by atoms with Gasteiger partial charge in [0, 0.05) is 19.2 Å². The zero-order valence-electron chi connectivity index (χ0n) is 14.4. The van der Waals surface area contributed by atoms with E-state index in [0.717, 1.165) is 4.90 Å². The van der Waals surface area contributed by atoms with E-state index in [9.17, 15) is 14.4 Å². The Morgan fingerprint density at radius 1 is 1.35 bits per heavy atom. The van der Waals surface area contributed by atoms with Gasteiger partial charge in [0.2, 0.25) is 17.6 Å². The lowest BCUT2D eigenvalue weighted by atomic mass is 10.1. The smallest absolute Gasteiger partial charge is 0.325 e. The van der Waals surface area contributed by atoms with Gasteiger partial charge in [-0.2, -0.15) is 4.98 Å². The highest BCUT2D eigenvalue weighted by molar-refractivity contribution is 6.08. The summed E-state index contributed by atoms with van der Waals surface area (Å²) in [6.45, 7) is 3.06. The van der Waals surface area contributed by atoms with E-state index in [1.54, 1.807) is 32.2 Å². The molecule has 0 atom stereocenters. The molecule has 0 aliphatic carbocycles. The molecule has 0 radical (unpaired) electrons. The van der Waals surface area contributed by atoms with Crippen LogP contribution in [0.2, 0.25) is 0 Å². The van der Waals surface area contributed by atoms with Gasteiger partial charge in [0.25, 0.3) is 5.91 Å². The van der Waals surface area contributed by atoms with Crippen LogP contribution in [0, 0.1) is 0 Å². The first-order chi connectivity index (χ1) is 12.4. The summed E-state index contributed by atoms with van der Waals surface area (Å²) in [5, 5.41) is 8.97. The topological polar surface area (TPSA) is 130 Å². The molecule has 1 aliphatic rings. The Labute approximate surface area is 149 Å². The molecule has 0 unspecified atom stereocenters. The Morgan fingerprint density at radius 2 is 2.15 bits per heavy atom. The molecule has 0 bridgehead atoms. The second-order valence-corrected chi connectivity index (χ2v) is 6.27. The van der Waals surface area contributed by atoms with E-state index in [1.165, 1.54) is 0 Å². The molecule has 3 rings (SSSR count). The zero-order valence-corrected chi connectivity index (χ0v) is 14.4. The number of imide groups is 1. The predicted molar refractivity (Wildman–Crippen MR) is 88.6 cm³/mol. The fourth-order valence-corrected chi connectivity index (χ4v) is 2.43. The molecule has 10 heteroatoms. The minimum Gasteiger partial charge on any atom is -0.354 e. The Bertz CT molecular complexity index is 832. The Hall–Kier alpha value is -3.30. The number of aromatic nitrogens is 3. The summed E-state index contributed by atoms with van der Waals surface area (Å²) in [4.78, 5) is 44.9. The number of carbonyl (C=O) groups is 3. The van der Waals surface area contributed by atoms with E-state index in [0.29, 0.717) is 23.8 Å². The quantitative estimate of drug-likeness (QED) is 0.701. The minimum atomic E-state index is -0.997. The van der Waals surface area contributed by atoms with Crippen molar-refractivity contribution in [1.29, 1.82) is 0 Å². The summed E-state index contributed by atoms with van der Waals surface area (Å²) in [5.74, 6) is -0.166. The molecule has 0 saturated carbocycles. The van der Waals surface area contributed by atoms with Crippen molar-refractivity contribution in [2.24, 2.45) is 0 Å². The van der Waals surface area contributed by atoms with Crippen LogP contribution < -0.4 is 10.6 Å². The van der Waals surface area contributed by atoms with Gasteiger partial charge in [0.05, 0.1) is 0 Å². The highest BCUT2D eigenvalue weighted by atomic mass is 16.5. The van der Waals surface area contributed by atoms with Crippen LogP contribution in [0.1, 0.15) is 19.7 Å². The molecule has 4 amide bonds. The summed E-state index contributed by atoms with van der Waals surface area (Å²) in [5.41, 5.74) is -0.407. The van der Waals surface area contributed by atoms with E-state index in [4.69, 9.17) is 4.52 Å². The number of hydrogen-bond donors (Lipinski definition) is 2. The molecule has 1 saturated heterocycles. The molecular formula is C16H18N6O4. The van der Waals surface area contributed by atoms with Gasteiger partial charge in [-0.15, -0.1) is 0 Å². The summed E-state index contributed by atoms with van der Waals surface area (Å²) in [7, 11) is 0. The number of pyridine rings is 1. The molecule has 1 fully saturated rings. The first kappa shape index (κ1) is 17.5. The molecule has 10 nitrogen and oxygen atoms in total. The molecule has 136 valence electrons. The van der Waals surface area contributed by atoms with Gasteiger partial charge in [0.1, 0.15) is 17.8 Å². The van der Waals surface area contributed by atoms with Crippen LogP contribution in [0.15, 0.2) is 28.9 Å². The van der Waals surface area contributed by atoms with Gasteiger partial charge in [-0.25, -0.2) is 4.79 Å². The van der Waals surface area contributed by atoms with Crippen LogP contribution in [0.4, 0.5) is 4.79 Å². The van der Waals surface area contributed by atoms with E-state index < -0.39 is 23.4 Å². The van der Waals surface area contributed by atoms with Crippen molar-refractivity contribution in [3.63, 3.8) is 0 Å². The van der Waals surface area contributed by atoms with E-state index in [-0.39, 0.29) is 13.1 Å². The van der Waals surface area contributed by atoms with Crippen LogP contribution in [-0.2, 0) is 16.0 Å². The average Bonchev–Trinajstić information content (AvgIpc) is 3.14. The van der Waals surface area contributed by atoms with Crippen molar-refractivity contribution < 1.29 is 18.9 Å². The molecule has 26 heavy (non-hydrogen) atoms. The number of nitrogens with one attached hydrogen (secondary N) is 2. The maximum Gasteiger partial charge on any atom is 0.325 e. The lowest BCUT2D eigenvalue weighted by molar-refractivity contribution is -0.134. The van der Waals surface area contributed by atoms with E-state index in [1.807, 2.05) is 6.07 Å². The van der Waals surface area contributed by atoms with Gasteiger partial charge in [-0.1, -0.05) is 11.2 Å². The zero-order chi connectivity index (χ0) is 18.7. The predicted octanol–water partition coefficient (Wildman–Crippen LogP) is 0.121. The van der Waals surface area contributed by atoms with E-state index in [2.05, 4.69) is 25.8 Å². The standard InChI is InChI=1S/C16H18N6O4/c1-16(2)14(24)22(15(25)20-16)9-11(23)18-8-6-12-19-13(21-26-12)10-5-3-4-7-17-10/h3-5,7H,6,8-9H2,1-2H3,(H,18,23)(H,20,25). The summed E-state index contributed by atoms with van der Waals surface area (Å²) in [6.07, 6.45) is 1.94. The second-order valence-electron chi connectivity index (χ2n) is 6.27. The summed E-state index contributed by atoms with van der Waals surface area (Å²) in [6, 6.07) is 4.78. The third-order valence-electron chi connectivity index (χ3n) is 3.77. The third kappa shape index (κ3) is 3.68. The third-order valence-corrected chi connectivity index (χ3v) is 3.77. The van der Waals surface area contributed by atoms with Crippen molar-refractivity contribution >= 4 is 17.8 Å². The number of amides is 4. The van der Waals surface area contributed by atoms with Crippen LogP contribution in [-0.4, -0.2) is 56.5 Å². The largest absolute Gasteiger partial charge is 0.354 e. The Balaban J connectivity index is 1.48. The fraction of sp³-hybridized carbons (Fsp3) is 0.375. The SMILES string of the molecule is CC1(C)NC(=O)N(CC(=O)NCCc2nc(-c3ccccn3)no2)C1=O. The molecular weight excluding hydrogens is 340 g/mol. The van der Waals surface area contributed by atoms with Crippen molar-refractivity contribution in [3.8, 4) is 11.5 Å². The van der Waals surface area contributed by atoms with Crippen molar-refractivity contribution in [1.82, 2.24) is 30.7 Å². The van der Waals surface area contributed by atoms with Gasteiger partial charge in [-0.05, 0) is 26.0 Å². The van der Waals surface area contributed by atoms with Gasteiger partial charge in [0.15, 0.2) is 0 Å². The van der Waals surface area contributed by atoms with Crippen LogP contribution in [0.3, 0.4) is 0 Å². The number of hydrogen-bond acceptors (Lipinski definition) is 7. The van der Waals surface area contributed by atoms with Gasteiger partial charge in [-0.3, -0.25) is 19.5 Å². The van der Waals surface area contributed by atoms with E-state index >= 15 is 0 Å². The molecule has 3 heterocycles. The van der Waals surface area contributed by atoms with Crippen LogP contribution >= 0.6 is 0 Å². The highest BCUT2D eigenvalue weighted by Gasteiger charge is 2.44. The summed E-state index contributed by atoms with van der Waals surface area (Å²) < 4.78 is 5.11. The number of carbonyl (C=O) groups excluding carboxylic acids is 3. The Kier molecular flexibility index (Phi) is 4.65. The molecule has 2 N–H and O–H groups in total. The van der Waals surface area contributed by atoms with Gasteiger partial charge >= 0.3 is 6.03 Å². The normalized spacial score (nSPS) is 15.8. The van der Waals surface area contributed by atoms with Crippen LogP contribution in [0.5, 0.6) is 0 Å². The highest BCUT2D eigenvalue weighted by Crippen LogP contribution is 2.16. The maximum atomic E-state index is 12.0. The average molecular weight is 358 g/mol. The first-order valence-corrected chi connectivity index (χ1v) is 8.01. The fourth-order valence-electron chi connectivity index (χ4n) is 2.43.